The fourth-order valence-electron chi connectivity index (χ4n) is 1.94. The summed E-state index contributed by atoms with van der Waals surface area (Å²) in [5.41, 5.74) is 4.49. The summed E-state index contributed by atoms with van der Waals surface area (Å²) in [6, 6.07) is 7.48. The zero-order valence-electron chi connectivity index (χ0n) is 8.84. The van der Waals surface area contributed by atoms with Crippen LogP contribution in [0.4, 0.5) is 0 Å². The average molecular weight is 207 g/mol. The van der Waals surface area contributed by atoms with E-state index in [1.807, 2.05) is 11.8 Å². The van der Waals surface area contributed by atoms with Crippen LogP contribution in [-0.2, 0) is 12.2 Å². The van der Waals surface area contributed by atoms with Crippen molar-refractivity contribution in [1.29, 1.82) is 0 Å². The Labute approximate surface area is 90.3 Å². The predicted molar refractivity (Wildman–Crippen MR) is 63.8 cm³/mol. The molecule has 1 aliphatic rings. The van der Waals surface area contributed by atoms with E-state index < -0.39 is 0 Å². The summed E-state index contributed by atoms with van der Waals surface area (Å²) in [7, 11) is 2.05. The minimum atomic E-state index is 0.551. The molecular weight excluding hydrogens is 190 g/mol. The maximum atomic E-state index is 3.39. The monoisotopic (exact) mass is 207 g/mol. The van der Waals surface area contributed by atoms with Crippen LogP contribution in [0.25, 0.3) is 0 Å². The molecule has 1 atom stereocenters. The van der Waals surface area contributed by atoms with Gasteiger partial charge < -0.3 is 5.32 Å². The van der Waals surface area contributed by atoms with E-state index in [4.69, 9.17) is 0 Å². The first-order valence-electron chi connectivity index (χ1n) is 5.22. The van der Waals surface area contributed by atoms with Crippen LogP contribution < -0.4 is 5.32 Å². The average Bonchev–Trinajstić information content (AvgIpc) is 2.27. The molecule has 2 rings (SSSR count). The van der Waals surface area contributed by atoms with Crippen LogP contribution in [0.1, 0.15) is 29.7 Å². The fourth-order valence-corrected chi connectivity index (χ4v) is 3.12. The third-order valence-corrected chi connectivity index (χ3v) is 3.97. The van der Waals surface area contributed by atoms with Gasteiger partial charge in [0, 0.05) is 17.5 Å². The van der Waals surface area contributed by atoms with Gasteiger partial charge in [0.15, 0.2) is 0 Å². The van der Waals surface area contributed by atoms with Gasteiger partial charge >= 0.3 is 0 Å². The fraction of sp³-hybridized carbons (Fsp3) is 0.500. The number of benzene rings is 1. The molecule has 76 valence electrons. The van der Waals surface area contributed by atoms with Crippen LogP contribution in [0, 0.1) is 0 Å². The van der Waals surface area contributed by atoms with Crippen LogP contribution in [0.15, 0.2) is 18.2 Å². The second-order valence-corrected chi connectivity index (χ2v) is 4.77. The van der Waals surface area contributed by atoms with E-state index in [9.17, 15) is 0 Å². The summed E-state index contributed by atoms with van der Waals surface area (Å²) in [4.78, 5) is 0. The lowest BCUT2D eigenvalue weighted by Crippen LogP contribution is -2.23. The molecule has 0 saturated heterocycles. The molecule has 1 aliphatic heterocycles. The molecule has 1 aromatic carbocycles. The summed E-state index contributed by atoms with van der Waals surface area (Å²) in [5, 5.41) is 3.39. The third-order valence-electron chi connectivity index (χ3n) is 2.88. The first kappa shape index (κ1) is 10.1. The van der Waals surface area contributed by atoms with Crippen LogP contribution >= 0.6 is 11.8 Å². The van der Waals surface area contributed by atoms with Crippen LogP contribution in [-0.4, -0.2) is 12.8 Å². The van der Waals surface area contributed by atoms with Gasteiger partial charge in [-0.25, -0.2) is 0 Å². The lowest BCUT2D eigenvalue weighted by atomic mass is 9.98. The highest BCUT2D eigenvalue weighted by Crippen LogP contribution is 2.32. The summed E-state index contributed by atoms with van der Waals surface area (Å²) >= 11 is 2.02. The molecule has 1 aromatic rings. The molecule has 0 fully saturated rings. The number of nitrogens with one attached hydrogen (secondary N) is 1. The van der Waals surface area contributed by atoms with Crippen molar-refractivity contribution in [2.24, 2.45) is 0 Å². The number of hydrogen-bond acceptors (Lipinski definition) is 2. The van der Waals surface area contributed by atoms with Gasteiger partial charge in [0.2, 0.25) is 0 Å². The van der Waals surface area contributed by atoms with Crippen molar-refractivity contribution in [2.45, 2.75) is 25.1 Å². The Bertz CT molecular complexity index is 322. The Morgan fingerprint density at radius 3 is 3.07 bits per heavy atom. The van der Waals surface area contributed by atoms with Crippen molar-refractivity contribution in [3.8, 4) is 0 Å². The van der Waals surface area contributed by atoms with Crippen molar-refractivity contribution in [1.82, 2.24) is 5.32 Å². The summed E-state index contributed by atoms with van der Waals surface area (Å²) < 4.78 is 0. The van der Waals surface area contributed by atoms with Crippen LogP contribution in [0.5, 0.6) is 0 Å². The normalized spacial score (nSPS) is 20.6. The summed E-state index contributed by atoms with van der Waals surface area (Å²) in [6.07, 6.45) is 1.14. The molecule has 1 heterocycles. The summed E-state index contributed by atoms with van der Waals surface area (Å²) in [5.74, 6) is 2.38. The molecule has 1 nitrogen and oxygen atoms in total. The van der Waals surface area contributed by atoms with Crippen molar-refractivity contribution in [2.75, 3.05) is 12.8 Å². The maximum absolute atomic E-state index is 3.39. The van der Waals surface area contributed by atoms with Gasteiger partial charge in [-0.1, -0.05) is 25.1 Å². The SMILES string of the molecule is CCc1ccc2c(c1)C(NC)CSC2. The first-order valence-corrected chi connectivity index (χ1v) is 6.37. The molecule has 0 saturated carbocycles. The molecular formula is C12H17NS. The smallest absolute Gasteiger partial charge is 0.0412 e. The quantitative estimate of drug-likeness (QED) is 0.800. The Hall–Kier alpha value is -0.470. The van der Waals surface area contributed by atoms with Crippen molar-refractivity contribution in [3.63, 3.8) is 0 Å². The zero-order valence-corrected chi connectivity index (χ0v) is 9.66. The Morgan fingerprint density at radius 1 is 1.50 bits per heavy atom. The van der Waals surface area contributed by atoms with E-state index in [0.717, 1.165) is 6.42 Å². The van der Waals surface area contributed by atoms with Gasteiger partial charge in [0.25, 0.3) is 0 Å². The first-order chi connectivity index (χ1) is 6.85. The third kappa shape index (κ3) is 1.82. The molecule has 0 spiro atoms. The Kier molecular flexibility index (Phi) is 3.14. The number of thioether (sulfide) groups is 1. The second-order valence-electron chi connectivity index (χ2n) is 3.74. The topological polar surface area (TPSA) is 12.0 Å². The minimum absolute atomic E-state index is 0.551. The van der Waals surface area contributed by atoms with E-state index in [2.05, 4.69) is 37.5 Å². The summed E-state index contributed by atoms with van der Waals surface area (Å²) in [6.45, 7) is 2.22. The van der Waals surface area contributed by atoms with Gasteiger partial charge in [-0.05, 0) is 30.2 Å². The molecule has 0 aliphatic carbocycles. The van der Waals surface area contributed by atoms with E-state index in [1.165, 1.54) is 28.2 Å². The second kappa shape index (κ2) is 4.37. The van der Waals surface area contributed by atoms with E-state index in [1.54, 1.807) is 0 Å². The van der Waals surface area contributed by atoms with Crippen LogP contribution in [0.3, 0.4) is 0 Å². The van der Waals surface area contributed by atoms with Crippen molar-refractivity contribution < 1.29 is 0 Å². The lowest BCUT2D eigenvalue weighted by Gasteiger charge is -2.25. The lowest BCUT2D eigenvalue weighted by molar-refractivity contribution is 0.650. The van der Waals surface area contributed by atoms with Crippen molar-refractivity contribution in [3.05, 3.63) is 34.9 Å². The van der Waals surface area contributed by atoms with E-state index in [0.29, 0.717) is 6.04 Å². The highest BCUT2D eigenvalue weighted by atomic mass is 32.2. The van der Waals surface area contributed by atoms with Crippen LogP contribution in [0.2, 0.25) is 0 Å². The van der Waals surface area contributed by atoms with Gasteiger partial charge in [-0.15, -0.1) is 0 Å². The highest BCUT2D eigenvalue weighted by molar-refractivity contribution is 7.98. The molecule has 0 radical (unpaired) electrons. The minimum Gasteiger partial charge on any atom is -0.312 e. The van der Waals surface area contributed by atoms with Crippen molar-refractivity contribution >= 4 is 11.8 Å². The highest BCUT2D eigenvalue weighted by Gasteiger charge is 2.18. The molecule has 0 aromatic heterocycles. The van der Waals surface area contributed by atoms with Gasteiger partial charge in [-0.3, -0.25) is 0 Å². The van der Waals surface area contributed by atoms with Gasteiger partial charge in [0.1, 0.15) is 0 Å². The Balaban J connectivity index is 2.38. The molecule has 0 bridgehead atoms. The predicted octanol–water partition coefficient (Wildman–Crippen LogP) is 2.76. The molecule has 14 heavy (non-hydrogen) atoms. The number of hydrogen-bond donors (Lipinski definition) is 1. The maximum Gasteiger partial charge on any atom is 0.0412 e. The number of aryl methyl sites for hydroxylation is 1. The number of fused-ring (bicyclic) bond motifs is 1. The molecule has 0 amide bonds. The number of rotatable bonds is 2. The largest absolute Gasteiger partial charge is 0.312 e. The standard InChI is InChI=1S/C12H17NS/c1-3-9-4-5-10-7-14-8-12(13-2)11(10)6-9/h4-6,12-13H,3,7-8H2,1-2H3. The van der Waals surface area contributed by atoms with E-state index >= 15 is 0 Å². The van der Waals surface area contributed by atoms with Gasteiger partial charge in [0.05, 0.1) is 0 Å². The van der Waals surface area contributed by atoms with Gasteiger partial charge in [-0.2, -0.15) is 11.8 Å². The molecule has 1 unspecified atom stereocenters. The molecule has 2 heteroatoms. The zero-order chi connectivity index (χ0) is 9.97. The molecule has 1 N–H and O–H groups in total. The van der Waals surface area contributed by atoms with E-state index in [-0.39, 0.29) is 0 Å². The Morgan fingerprint density at radius 2 is 2.36 bits per heavy atom.